The molecule has 4 heteroatoms. The fourth-order valence-corrected chi connectivity index (χ4v) is 2.91. The van der Waals surface area contributed by atoms with Crippen molar-refractivity contribution in [1.82, 2.24) is 5.32 Å². The molecule has 0 bridgehead atoms. The molecule has 1 atom stereocenters. The van der Waals surface area contributed by atoms with E-state index in [1.807, 2.05) is 30.3 Å². The van der Waals surface area contributed by atoms with E-state index in [9.17, 15) is 0 Å². The van der Waals surface area contributed by atoms with Crippen molar-refractivity contribution >= 4 is 0 Å². The van der Waals surface area contributed by atoms with Gasteiger partial charge in [0.25, 0.3) is 0 Å². The van der Waals surface area contributed by atoms with Gasteiger partial charge in [-0.3, -0.25) is 0 Å². The first-order valence-corrected chi connectivity index (χ1v) is 7.92. The Bertz CT molecular complexity index is 635. The standard InChI is InChI=1S/C19H23NO3/c1-21-17-8-14(9-18(10-17)22-2)11-20-12-15-7-16-5-3-4-6-19(16)23-13-15/h3-6,8-10,15,20H,7,11-13H2,1-2H3. The third-order valence-corrected chi connectivity index (χ3v) is 4.13. The Kier molecular flexibility index (Phi) is 5.03. The minimum atomic E-state index is 0.498. The minimum absolute atomic E-state index is 0.498. The van der Waals surface area contributed by atoms with Gasteiger partial charge >= 0.3 is 0 Å². The summed E-state index contributed by atoms with van der Waals surface area (Å²) in [4.78, 5) is 0. The second kappa shape index (κ2) is 7.38. The maximum atomic E-state index is 5.83. The molecule has 0 aliphatic carbocycles. The summed E-state index contributed by atoms with van der Waals surface area (Å²) in [5.41, 5.74) is 2.45. The summed E-state index contributed by atoms with van der Waals surface area (Å²) in [6.07, 6.45) is 1.06. The third kappa shape index (κ3) is 3.96. The van der Waals surface area contributed by atoms with E-state index in [4.69, 9.17) is 14.2 Å². The molecule has 1 N–H and O–H groups in total. The molecule has 1 aliphatic heterocycles. The number of rotatable bonds is 6. The van der Waals surface area contributed by atoms with Crippen molar-refractivity contribution in [3.63, 3.8) is 0 Å². The van der Waals surface area contributed by atoms with Gasteiger partial charge in [-0.05, 0) is 35.7 Å². The molecular formula is C19H23NO3. The summed E-state index contributed by atoms with van der Waals surface area (Å²) >= 11 is 0. The molecule has 122 valence electrons. The maximum absolute atomic E-state index is 5.83. The van der Waals surface area contributed by atoms with Crippen molar-refractivity contribution in [2.75, 3.05) is 27.4 Å². The van der Waals surface area contributed by atoms with Crippen LogP contribution in [0.3, 0.4) is 0 Å². The zero-order chi connectivity index (χ0) is 16.1. The number of hydrogen-bond acceptors (Lipinski definition) is 4. The Labute approximate surface area is 137 Å². The van der Waals surface area contributed by atoms with Gasteiger partial charge in [0.2, 0.25) is 0 Å². The highest BCUT2D eigenvalue weighted by Gasteiger charge is 2.18. The largest absolute Gasteiger partial charge is 0.497 e. The fraction of sp³-hybridized carbons (Fsp3) is 0.368. The van der Waals surface area contributed by atoms with Gasteiger partial charge in [0.1, 0.15) is 17.2 Å². The SMILES string of the molecule is COc1cc(CNCC2COc3ccccc3C2)cc(OC)c1. The topological polar surface area (TPSA) is 39.7 Å². The van der Waals surface area contributed by atoms with E-state index in [0.717, 1.165) is 48.9 Å². The molecular weight excluding hydrogens is 290 g/mol. The predicted octanol–water partition coefficient (Wildman–Crippen LogP) is 3.04. The lowest BCUT2D eigenvalue weighted by molar-refractivity contribution is 0.218. The maximum Gasteiger partial charge on any atom is 0.122 e. The van der Waals surface area contributed by atoms with E-state index in [-0.39, 0.29) is 0 Å². The van der Waals surface area contributed by atoms with Crippen LogP contribution in [0.15, 0.2) is 42.5 Å². The summed E-state index contributed by atoms with van der Waals surface area (Å²) in [5.74, 6) is 3.16. The summed E-state index contributed by atoms with van der Waals surface area (Å²) in [6.45, 7) is 2.48. The van der Waals surface area contributed by atoms with Crippen molar-refractivity contribution in [2.24, 2.45) is 5.92 Å². The predicted molar refractivity (Wildman–Crippen MR) is 90.4 cm³/mol. The second-order valence-electron chi connectivity index (χ2n) is 5.84. The van der Waals surface area contributed by atoms with Gasteiger partial charge in [0, 0.05) is 25.1 Å². The van der Waals surface area contributed by atoms with Crippen LogP contribution in [0, 0.1) is 5.92 Å². The molecule has 3 rings (SSSR count). The molecule has 0 aromatic heterocycles. The molecule has 2 aromatic carbocycles. The molecule has 0 spiro atoms. The number of para-hydroxylation sites is 1. The summed E-state index contributed by atoms with van der Waals surface area (Å²) in [5, 5.41) is 3.51. The van der Waals surface area contributed by atoms with E-state index >= 15 is 0 Å². The number of nitrogens with one attached hydrogen (secondary N) is 1. The Morgan fingerprint density at radius 2 is 1.83 bits per heavy atom. The number of benzene rings is 2. The smallest absolute Gasteiger partial charge is 0.122 e. The molecule has 2 aromatic rings. The number of ether oxygens (including phenoxy) is 3. The second-order valence-corrected chi connectivity index (χ2v) is 5.84. The van der Waals surface area contributed by atoms with Crippen LogP contribution in [0.2, 0.25) is 0 Å². The first-order valence-electron chi connectivity index (χ1n) is 7.92. The van der Waals surface area contributed by atoms with Crippen LogP contribution in [0.1, 0.15) is 11.1 Å². The highest BCUT2D eigenvalue weighted by molar-refractivity contribution is 5.38. The number of hydrogen-bond donors (Lipinski definition) is 1. The van der Waals surface area contributed by atoms with Crippen molar-refractivity contribution in [3.05, 3.63) is 53.6 Å². The lowest BCUT2D eigenvalue weighted by atomic mass is 9.97. The van der Waals surface area contributed by atoms with Crippen LogP contribution in [0.5, 0.6) is 17.2 Å². The monoisotopic (exact) mass is 313 g/mol. The van der Waals surface area contributed by atoms with Crippen molar-refractivity contribution in [1.29, 1.82) is 0 Å². The Balaban J connectivity index is 1.54. The molecule has 0 fully saturated rings. The average molecular weight is 313 g/mol. The number of fused-ring (bicyclic) bond motifs is 1. The van der Waals surface area contributed by atoms with E-state index in [0.29, 0.717) is 5.92 Å². The van der Waals surface area contributed by atoms with E-state index in [1.54, 1.807) is 14.2 Å². The van der Waals surface area contributed by atoms with Gasteiger partial charge in [0.05, 0.1) is 20.8 Å². The minimum Gasteiger partial charge on any atom is -0.497 e. The van der Waals surface area contributed by atoms with E-state index < -0.39 is 0 Å². The first kappa shape index (κ1) is 15.7. The normalized spacial score (nSPS) is 16.3. The van der Waals surface area contributed by atoms with Crippen molar-refractivity contribution in [2.45, 2.75) is 13.0 Å². The van der Waals surface area contributed by atoms with Gasteiger partial charge in [-0.25, -0.2) is 0 Å². The average Bonchev–Trinajstić information content (AvgIpc) is 2.61. The van der Waals surface area contributed by atoms with Crippen molar-refractivity contribution < 1.29 is 14.2 Å². The highest BCUT2D eigenvalue weighted by Crippen LogP contribution is 2.26. The molecule has 1 heterocycles. The molecule has 0 amide bonds. The van der Waals surface area contributed by atoms with E-state index in [2.05, 4.69) is 17.4 Å². The van der Waals surface area contributed by atoms with Gasteiger partial charge in [-0.2, -0.15) is 0 Å². The third-order valence-electron chi connectivity index (χ3n) is 4.13. The molecule has 0 saturated carbocycles. The highest BCUT2D eigenvalue weighted by atomic mass is 16.5. The molecule has 1 aliphatic rings. The van der Waals surface area contributed by atoms with Crippen LogP contribution < -0.4 is 19.5 Å². The Morgan fingerprint density at radius 1 is 1.09 bits per heavy atom. The fourth-order valence-electron chi connectivity index (χ4n) is 2.91. The van der Waals surface area contributed by atoms with Crippen molar-refractivity contribution in [3.8, 4) is 17.2 Å². The molecule has 23 heavy (non-hydrogen) atoms. The number of methoxy groups -OCH3 is 2. The molecule has 4 nitrogen and oxygen atoms in total. The Hall–Kier alpha value is -2.20. The van der Waals surface area contributed by atoms with Gasteiger partial charge in [-0.1, -0.05) is 18.2 Å². The molecule has 1 unspecified atom stereocenters. The van der Waals surface area contributed by atoms with Crippen LogP contribution in [-0.2, 0) is 13.0 Å². The van der Waals surface area contributed by atoms with Gasteiger partial charge in [0.15, 0.2) is 0 Å². The van der Waals surface area contributed by atoms with Gasteiger partial charge < -0.3 is 19.5 Å². The zero-order valence-corrected chi connectivity index (χ0v) is 13.7. The van der Waals surface area contributed by atoms with Crippen LogP contribution >= 0.6 is 0 Å². The lowest BCUT2D eigenvalue weighted by Crippen LogP contribution is -2.31. The molecule has 0 saturated heterocycles. The first-order chi connectivity index (χ1) is 11.3. The molecule has 0 radical (unpaired) electrons. The summed E-state index contributed by atoms with van der Waals surface area (Å²) in [6, 6.07) is 14.2. The lowest BCUT2D eigenvalue weighted by Gasteiger charge is -2.25. The summed E-state index contributed by atoms with van der Waals surface area (Å²) in [7, 11) is 3.34. The quantitative estimate of drug-likeness (QED) is 0.890. The Morgan fingerprint density at radius 3 is 2.57 bits per heavy atom. The van der Waals surface area contributed by atoms with Crippen LogP contribution in [-0.4, -0.2) is 27.4 Å². The summed E-state index contributed by atoms with van der Waals surface area (Å²) < 4.78 is 16.4. The van der Waals surface area contributed by atoms with E-state index in [1.165, 1.54) is 5.56 Å². The van der Waals surface area contributed by atoms with Crippen LogP contribution in [0.4, 0.5) is 0 Å². The van der Waals surface area contributed by atoms with Crippen LogP contribution in [0.25, 0.3) is 0 Å². The zero-order valence-electron chi connectivity index (χ0n) is 13.7. The van der Waals surface area contributed by atoms with Gasteiger partial charge in [-0.15, -0.1) is 0 Å².